The summed E-state index contributed by atoms with van der Waals surface area (Å²) in [6, 6.07) is 13.5. The number of likely N-dealkylation sites (tertiary alicyclic amines) is 1. The van der Waals surface area contributed by atoms with Crippen molar-refractivity contribution in [2.24, 2.45) is 5.92 Å². The Hall–Kier alpha value is -3.28. The lowest BCUT2D eigenvalue weighted by molar-refractivity contribution is -0.141. The van der Waals surface area contributed by atoms with E-state index < -0.39 is 18.3 Å². The second-order valence-corrected chi connectivity index (χ2v) is 9.09. The van der Waals surface area contributed by atoms with Gasteiger partial charge in [0.25, 0.3) is 5.91 Å². The molecule has 0 radical (unpaired) electrons. The van der Waals surface area contributed by atoms with Crippen LogP contribution in [0.1, 0.15) is 36.0 Å². The van der Waals surface area contributed by atoms with Gasteiger partial charge in [-0.25, -0.2) is 0 Å². The maximum absolute atomic E-state index is 13.2. The van der Waals surface area contributed by atoms with Crippen molar-refractivity contribution in [2.45, 2.75) is 30.9 Å². The Bertz CT molecular complexity index is 1170. The molecule has 176 valence electrons. The molecular formula is C28H26F3NO2. The van der Waals surface area contributed by atoms with Crippen LogP contribution in [0.5, 0.6) is 5.75 Å². The second kappa shape index (κ2) is 8.82. The Morgan fingerprint density at radius 3 is 2.50 bits per heavy atom. The molecule has 1 aliphatic heterocycles. The number of para-hydroxylation sites is 1. The number of piperidine rings is 1. The van der Waals surface area contributed by atoms with Gasteiger partial charge in [0.15, 0.2) is 6.61 Å². The van der Waals surface area contributed by atoms with E-state index in [2.05, 4.69) is 54.6 Å². The Kier molecular flexibility index (Phi) is 5.84. The van der Waals surface area contributed by atoms with E-state index in [-0.39, 0.29) is 17.1 Å². The smallest absolute Gasteiger partial charge is 0.419 e. The summed E-state index contributed by atoms with van der Waals surface area (Å²) in [5.74, 6) is -0.269. The van der Waals surface area contributed by atoms with E-state index in [0.717, 1.165) is 25.3 Å². The van der Waals surface area contributed by atoms with Crippen LogP contribution in [0.25, 0.3) is 6.08 Å². The number of benzene rings is 2. The van der Waals surface area contributed by atoms with E-state index >= 15 is 0 Å². The molecule has 5 rings (SSSR count). The number of rotatable bonds is 4. The molecule has 34 heavy (non-hydrogen) atoms. The predicted octanol–water partition coefficient (Wildman–Crippen LogP) is 6.17. The molecule has 2 aromatic carbocycles. The summed E-state index contributed by atoms with van der Waals surface area (Å²) >= 11 is 0. The minimum absolute atomic E-state index is 0.114. The molecule has 6 heteroatoms. The van der Waals surface area contributed by atoms with Gasteiger partial charge in [-0.3, -0.25) is 4.79 Å². The van der Waals surface area contributed by atoms with Crippen LogP contribution in [0.4, 0.5) is 13.2 Å². The van der Waals surface area contributed by atoms with E-state index in [1.807, 2.05) is 0 Å². The number of halogens is 3. The fourth-order valence-electron chi connectivity index (χ4n) is 5.55. The number of ether oxygens (including phenoxy) is 1. The van der Waals surface area contributed by atoms with E-state index in [1.165, 1.54) is 34.9 Å². The van der Waals surface area contributed by atoms with Gasteiger partial charge in [-0.15, -0.1) is 0 Å². The number of allylic oxidation sites excluding steroid dienone is 5. The van der Waals surface area contributed by atoms with Crippen molar-refractivity contribution in [3.8, 4) is 5.75 Å². The molecule has 0 aromatic heterocycles. The highest BCUT2D eigenvalue weighted by atomic mass is 19.4. The number of fused-ring (bicyclic) bond motifs is 2. The average molecular weight is 466 g/mol. The van der Waals surface area contributed by atoms with E-state index in [4.69, 9.17) is 4.74 Å². The highest BCUT2D eigenvalue weighted by molar-refractivity contribution is 5.78. The predicted molar refractivity (Wildman–Crippen MR) is 125 cm³/mol. The molecule has 1 heterocycles. The third-order valence-electron chi connectivity index (χ3n) is 7.23. The van der Waals surface area contributed by atoms with Gasteiger partial charge in [0, 0.05) is 24.4 Å². The minimum Gasteiger partial charge on any atom is -0.483 e. The number of carbonyl (C=O) groups is 1. The van der Waals surface area contributed by atoms with Crippen molar-refractivity contribution in [3.05, 3.63) is 95.1 Å². The van der Waals surface area contributed by atoms with Gasteiger partial charge in [-0.2, -0.15) is 13.2 Å². The topological polar surface area (TPSA) is 29.5 Å². The number of hydrogen-bond donors (Lipinski definition) is 0. The number of hydrogen-bond acceptors (Lipinski definition) is 2. The van der Waals surface area contributed by atoms with Crippen molar-refractivity contribution in [1.29, 1.82) is 0 Å². The molecule has 2 aromatic rings. The Labute approximate surface area is 197 Å². The molecule has 1 atom stereocenters. The maximum atomic E-state index is 13.2. The Morgan fingerprint density at radius 1 is 1.03 bits per heavy atom. The first-order valence-electron chi connectivity index (χ1n) is 11.6. The van der Waals surface area contributed by atoms with Crippen LogP contribution in [-0.2, 0) is 16.4 Å². The molecule has 1 amide bonds. The molecule has 1 saturated heterocycles. The number of nitrogens with zero attached hydrogens (tertiary/aromatic N) is 1. The van der Waals surface area contributed by atoms with Crippen molar-refractivity contribution >= 4 is 12.0 Å². The maximum Gasteiger partial charge on any atom is 0.419 e. The molecule has 1 fully saturated rings. The van der Waals surface area contributed by atoms with Crippen molar-refractivity contribution in [2.75, 3.05) is 19.7 Å². The highest BCUT2D eigenvalue weighted by Gasteiger charge is 2.46. The zero-order valence-electron chi connectivity index (χ0n) is 18.7. The second-order valence-electron chi connectivity index (χ2n) is 9.09. The lowest BCUT2D eigenvalue weighted by atomic mass is 9.66. The fourth-order valence-corrected chi connectivity index (χ4v) is 5.55. The Balaban J connectivity index is 1.29. The molecule has 1 unspecified atom stereocenters. The molecular weight excluding hydrogens is 439 g/mol. The summed E-state index contributed by atoms with van der Waals surface area (Å²) in [5, 5.41) is 0. The first-order chi connectivity index (χ1) is 16.4. The molecule has 0 bridgehead atoms. The van der Waals surface area contributed by atoms with Crippen LogP contribution in [0.15, 0.2) is 78.4 Å². The number of carbonyl (C=O) groups excluding carboxylic acids is 1. The van der Waals surface area contributed by atoms with Crippen LogP contribution in [0.2, 0.25) is 0 Å². The van der Waals surface area contributed by atoms with Crippen LogP contribution in [-0.4, -0.2) is 30.5 Å². The molecule has 0 N–H and O–H groups in total. The third kappa shape index (κ3) is 4.06. The number of amides is 1. The summed E-state index contributed by atoms with van der Waals surface area (Å²) < 4.78 is 45.0. The first-order valence-corrected chi connectivity index (χ1v) is 11.6. The van der Waals surface area contributed by atoms with E-state index in [1.54, 1.807) is 4.90 Å². The van der Waals surface area contributed by atoms with Gasteiger partial charge >= 0.3 is 6.18 Å². The monoisotopic (exact) mass is 465 g/mol. The van der Waals surface area contributed by atoms with Crippen LogP contribution in [0, 0.1) is 5.92 Å². The number of alkyl halides is 3. The summed E-state index contributed by atoms with van der Waals surface area (Å²) in [6.07, 6.45) is 8.94. The summed E-state index contributed by atoms with van der Waals surface area (Å²) in [5.41, 5.74) is 2.98. The minimum atomic E-state index is -4.53. The standard InChI is InChI=1S/C28H26F3NO2/c29-28(30,31)23-12-6-7-13-25(23)34-19-26(33)32-16-14-27(15-17-32)22-11-5-4-10-21(22)18-24(27)20-8-2-1-3-9-20/h1-8,10-13,18,20H,9,14-17,19H2. The zero-order valence-corrected chi connectivity index (χ0v) is 18.7. The van der Waals surface area contributed by atoms with E-state index in [0.29, 0.717) is 19.0 Å². The molecule has 3 aliphatic rings. The first kappa shape index (κ1) is 22.5. The Morgan fingerprint density at radius 2 is 1.76 bits per heavy atom. The van der Waals surface area contributed by atoms with Crippen molar-refractivity contribution in [1.82, 2.24) is 4.90 Å². The van der Waals surface area contributed by atoms with Crippen LogP contribution in [0.3, 0.4) is 0 Å². The molecule has 3 nitrogen and oxygen atoms in total. The summed E-state index contributed by atoms with van der Waals surface area (Å²) in [4.78, 5) is 14.6. The molecule has 0 saturated carbocycles. The van der Waals surface area contributed by atoms with E-state index in [9.17, 15) is 18.0 Å². The lowest BCUT2D eigenvalue weighted by Crippen LogP contribution is -2.47. The third-order valence-corrected chi connectivity index (χ3v) is 7.23. The van der Waals surface area contributed by atoms with Gasteiger partial charge in [0.2, 0.25) is 0 Å². The van der Waals surface area contributed by atoms with Gasteiger partial charge in [-0.05, 0) is 42.5 Å². The van der Waals surface area contributed by atoms with Crippen molar-refractivity contribution < 1.29 is 22.7 Å². The fraction of sp³-hybridized carbons (Fsp3) is 0.321. The van der Waals surface area contributed by atoms with Gasteiger partial charge in [0.1, 0.15) is 5.75 Å². The normalized spacial score (nSPS) is 20.9. The SMILES string of the molecule is O=C(COc1ccccc1C(F)(F)F)N1CCC2(CC1)C(C1C=CC=CC1)=Cc1ccccc12. The quantitative estimate of drug-likeness (QED) is 0.540. The molecule has 1 spiro atoms. The molecule has 2 aliphatic carbocycles. The van der Waals surface area contributed by atoms with Gasteiger partial charge in [0.05, 0.1) is 5.56 Å². The van der Waals surface area contributed by atoms with Crippen molar-refractivity contribution in [3.63, 3.8) is 0 Å². The zero-order chi connectivity index (χ0) is 23.8. The largest absolute Gasteiger partial charge is 0.483 e. The van der Waals surface area contributed by atoms with Gasteiger partial charge in [-0.1, -0.05) is 72.4 Å². The average Bonchev–Trinajstić information content (AvgIpc) is 3.17. The summed E-state index contributed by atoms with van der Waals surface area (Å²) in [6.45, 7) is 0.678. The highest BCUT2D eigenvalue weighted by Crippen LogP contribution is 2.52. The van der Waals surface area contributed by atoms with Crippen LogP contribution < -0.4 is 4.74 Å². The van der Waals surface area contributed by atoms with Gasteiger partial charge < -0.3 is 9.64 Å². The van der Waals surface area contributed by atoms with Crippen LogP contribution >= 0.6 is 0 Å². The summed E-state index contributed by atoms with van der Waals surface area (Å²) in [7, 11) is 0. The lowest BCUT2D eigenvalue weighted by Gasteiger charge is -2.44.